The van der Waals surface area contributed by atoms with Gasteiger partial charge in [0.15, 0.2) is 5.82 Å². The molecule has 3 rings (SSSR count). The van der Waals surface area contributed by atoms with E-state index in [9.17, 15) is 0 Å². The van der Waals surface area contributed by atoms with Crippen molar-refractivity contribution in [3.8, 4) is 11.4 Å². The zero-order valence-corrected chi connectivity index (χ0v) is 11.1. The molecule has 2 aromatic heterocycles. The van der Waals surface area contributed by atoms with Crippen LogP contribution >= 0.6 is 0 Å². The molecule has 0 saturated carbocycles. The highest BCUT2D eigenvalue weighted by atomic mass is 15.0. The van der Waals surface area contributed by atoms with Gasteiger partial charge in [-0.25, -0.2) is 9.97 Å². The van der Waals surface area contributed by atoms with E-state index in [1.807, 2.05) is 55.5 Å². The summed E-state index contributed by atoms with van der Waals surface area (Å²) < 4.78 is 0. The first-order valence-electron chi connectivity index (χ1n) is 6.39. The second-order valence-electron chi connectivity index (χ2n) is 4.45. The highest BCUT2D eigenvalue weighted by Crippen LogP contribution is 2.19. The minimum absolute atomic E-state index is 0.724. The summed E-state index contributed by atoms with van der Waals surface area (Å²) >= 11 is 0. The number of benzene rings is 1. The van der Waals surface area contributed by atoms with E-state index in [0.717, 1.165) is 28.6 Å². The van der Waals surface area contributed by atoms with Crippen molar-refractivity contribution in [2.75, 3.05) is 5.32 Å². The smallest absolute Gasteiger partial charge is 0.161 e. The SMILES string of the molecule is Cc1cc(Nc2ccncc2)nc(-c2ccccc2)n1. The Labute approximate surface area is 117 Å². The van der Waals surface area contributed by atoms with Gasteiger partial charge >= 0.3 is 0 Å². The maximum Gasteiger partial charge on any atom is 0.161 e. The van der Waals surface area contributed by atoms with Crippen molar-refractivity contribution < 1.29 is 0 Å². The molecular weight excluding hydrogens is 248 g/mol. The Kier molecular flexibility index (Phi) is 3.37. The van der Waals surface area contributed by atoms with Gasteiger partial charge in [-0.1, -0.05) is 30.3 Å². The van der Waals surface area contributed by atoms with Crippen LogP contribution in [0.4, 0.5) is 11.5 Å². The number of nitrogens with one attached hydrogen (secondary N) is 1. The summed E-state index contributed by atoms with van der Waals surface area (Å²) in [7, 11) is 0. The first kappa shape index (κ1) is 12.3. The molecule has 2 heterocycles. The molecule has 0 aliphatic heterocycles. The highest BCUT2D eigenvalue weighted by molar-refractivity contribution is 5.61. The first-order valence-corrected chi connectivity index (χ1v) is 6.39. The predicted molar refractivity (Wildman–Crippen MR) is 79.7 cm³/mol. The summed E-state index contributed by atoms with van der Waals surface area (Å²) in [4.78, 5) is 13.0. The fourth-order valence-electron chi connectivity index (χ4n) is 1.93. The van der Waals surface area contributed by atoms with Crippen molar-refractivity contribution in [3.63, 3.8) is 0 Å². The fourth-order valence-corrected chi connectivity index (χ4v) is 1.93. The van der Waals surface area contributed by atoms with Crippen molar-refractivity contribution >= 4 is 11.5 Å². The van der Waals surface area contributed by atoms with E-state index < -0.39 is 0 Å². The summed E-state index contributed by atoms with van der Waals surface area (Å²) in [5, 5.41) is 3.26. The van der Waals surface area contributed by atoms with Crippen molar-refractivity contribution in [1.29, 1.82) is 0 Å². The normalized spacial score (nSPS) is 10.2. The van der Waals surface area contributed by atoms with Crippen LogP contribution < -0.4 is 5.32 Å². The molecule has 98 valence electrons. The fraction of sp³-hybridized carbons (Fsp3) is 0.0625. The molecule has 0 aliphatic rings. The lowest BCUT2D eigenvalue weighted by molar-refractivity contribution is 1.11. The van der Waals surface area contributed by atoms with Gasteiger partial charge in [0.1, 0.15) is 5.82 Å². The molecule has 0 bridgehead atoms. The lowest BCUT2D eigenvalue weighted by Gasteiger charge is -2.08. The van der Waals surface area contributed by atoms with Crippen molar-refractivity contribution in [1.82, 2.24) is 15.0 Å². The maximum atomic E-state index is 4.56. The average molecular weight is 262 g/mol. The number of nitrogens with zero attached hydrogens (tertiary/aromatic N) is 3. The number of aryl methyl sites for hydroxylation is 1. The van der Waals surface area contributed by atoms with E-state index in [1.54, 1.807) is 12.4 Å². The Hall–Kier alpha value is -2.75. The van der Waals surface area contributed by atoms with Crippen LogP contribution in [0.5, 0.6) is 0 Å². The van der Waals surface area contributed by atoms with E-state index >= 15 is 0 Å². The molecule has 0 aliphatic carbocycles. The molecule has 0 radical (unpaired) electrons. The van der Waals surface area contributed by atoms with E-state index in [1.165, 1.54) is 0 Å². The van der Waals surface area contributed by atoms with Gasteiger partial charge in [0.25, 0.3) is 0 Å². The summed E-state index contributed by atoms with van der Waals surface area (Å²) in [6.07, 6.45) is 3.49. The van der Waals surface area contributed by atoms with Crippen LogP contribution in [0, 0.1) is 6.92 Å². The second-order valence-corrected chi connectivity index (χ2v) is 4.45. The molecule has 0 unspecified atom stereocenters. The van der Waals surface area contributed by atoms with E-state index in [4.69, 9.17) is 0 Å². The Morgan fingerprint density at radius 2 is 1.65 bits per heavy atom. The van der Waals surface area contributed by atoms with Gasteiger partial charge in [0.05, 0.1) is 0 Å². The van der Waals surface area contributed by atoms with Gasteiger partial charge in [-0.15, -0.1) is 0 Å². The Bertz CT molecular complexity index is 696. The first-order chi connectivity index (χ1) is 9.81. The summed E-state index contributed by atoms with van der Waals surface area (Å²) in [5.74, 6) is 1.50. The average Bonchev–Trinajstić information content (AvgIpc) is 2.49. The molecule has 1 N–H and O–H groups in total. The summed E-state index contributed by atoms with van der Waals surface area (Å²) in [6, 6.07) is 15.7. The molecule has 0 saturated heterocycles. The lowest BCUT2D eigenvalue weighted by Crippen LogP contribution is -1.99. The van der Waals surface area contributed by atoms with Crippen LogP contribution in [0.3, 0.4) is 0 Å². The molecule has 3 aromatic rings. The number of hydrogen-bond acceptors (Lipinski definition) is 4. The van der Waals surface area contributed by atoms with Gasteiger partial charge < -0.3 is 5.32 Å². The number of aromatic nitrogens is 3. The Balaban J connectivity index is 1.95. The largest absolute Gasteiger partial charge is 0.340 e. The van der Waals surface area contributed by atoms with Crippen molar-refractivity contribution in [2.24, 2.45) is 0 Å². The second kappa shape index (κ2) is 5.48. The van der Waals surface area contributed by atoms with Gasteiger partial charge in [-0.3, -0.25) is 4.98 Å². The standard InChI is InChI=1S/C16H14N4/c1-12-11-15(19-14-7-9-17-10-8-14)20-16(18-12)13-5-3-2-4-6-13/h2-11H,1H3,(H,17,18,19,20). The van der Waals surface area contributed by atoms with Crippen molar-refractivity contribution in [3.05, 3.63) is 66.6 Å². The van der Waals surface area contributed by atoms with Gasteiger partial charge in [0, 0.05) is 35.4 Å². The van der Waals surface area contributed by atoms with E-state index in [2.05, 4.69) is 20.3 Å². The third kappa shape index (κ3) is 2.80. The van der Waals surface area contributed by atoms with Gasteiger partial charge in [-0.2, -0.15) is 0 Å². The Morgan fingerprint density at radius 3 is 2.40 bits per heavy atom. The minimum atomic E-state index is 0.724. The van der Waals surface area contributed by atoms with Crippen LogP contribution in [0.15, 0.2) is 60.9 Å². The van der Waals surface area contributed by atoms with E-state index in [-0.39, 0.29) is 0 Å². The molecule has 0 atom stereocenters. The molecule has 0 amide bonds. The number of anilines is 2. The topological polar surface area (TPSA) is 50.7 Å². The molecule has 4 nitrogen and oxygen atoms in total. The lowest BCUT2D eigenvalue weighted by atomic mass is 10.2. The van der Waals surface area contributed by atoms with Crippen LogP contribution in [0.2, 0.25) is 0 Å². The Morgan fingerprint density at radius 1 is 0.900 bits per heavy atom. The van der Waals surface area contributed by atoms with E-state index in [0.29, 0.717) is 0 Å². The van der Waals surface area contributed by atoms with Gasteiger partial charge in [-0.05, 0) is 19.1 Å². The predicted octanol–water partition coefficient (Wildman–Crippen LogP) is 3.59. The van der Waals surface area contributed by atoms with Gasteiger partial charge in [0.2, 0.25) is 0 Å². The number of pyridine rings is 1. The van der Waals surface area contributed by atoms with Crippen LogP contribution in [0.1, 0.15) is 5.69 Å². The molecule has 0 spiro atoms. The zero-order chi connectivity index (χ0) is 13.8. The summed E-state index contributed by atoms with van der Waals surface area (Å²) in [5.41, 5.74) is 2.89. The quantitative estimate of drug-likeness (QED) is 0.783. The molecule has 1 aromatic carbocycles. The molecule has 20 heavy (non-hydrogen) atoms. The van der Waals surface area contributed by atoms with Crippen molar-refractivity contribution in [2.45, 2.75) is 6.92 Å². The molecular formula is C16H14N4. The third-order valence-electron chi connectivity index (χ3n) is 2.84. The summed E-state index contributed by atoms with van der Waals surface area (Å²) in [6.45, 7) is 1.96. The number of rotatable bonds is 3. The maximum absolute atomic E-state index is 4.56. The van der Waals surface area contributed by atoms with Crippen LogP contribution in [-0.2, 0) is 0 Å². The van der Waals surface area contributed by atoms with Crippen LogP contribution in [-0.4, -0.2) is 15.0 Å². The molecule has 4 heteroatoms. The van der Waals surface area contributed by atoms with Crippen LogP contribution in [0.25, 0.3) is 11.4 Å². The zero-order valence-electron chi connectivity index (χ0n) is 11.1. The highest BCUT2D eigenvalue weighted by Gasteiger charge is 2.04. The minimum Gasteiger partial charge on any atom is -0.340 e. The molecule has 0 fully saturated rings. The number of hydrogen-bond donors (Lipinski definition) is 1. The monoisotopic (exact) mass is 262 g/mol. The third-order valence-corrected chi connectivity index (χ3v) is 2.84.